The van der Waals surface area contributed by atoms with Crippen LogP contribution in [0.25, 0.3) is 0 Å². The number of carbonyl (C=O) groups excluding carboxylic acids is 1. The van der Waals surface area contributed by atoms with Crippen molar-refractivity contribution in [1.82, 2.24) is 10.2 Å². The van der Waals surface area contributed by atoms with Gasteiger partial charge in [0, 0.05) is 18.6 Å². The Hall–Kier alpha value is -0.610. The molecule has 1 saturated carbocycles. The molecule has 0 aromatic rings. The van der Waals surface area contributed by atoms with Crippen LogP contribution in [0.3, 0.4) is 0 Å². The zero-order valence-electron chi connectivity index (χ0n) is 12.2. The van der Waals surface area contributed by atoms with Crippen LogP contribution in [0.2, 0.25) is 0 Å². The lowest BCUT2D eigenvalue weighted by atomic mass is 10.1. The maximum absolute atomic E-state index is 12.4. The third-order valence-electron chi connectivity index (χ3n) is 4.77. The molecule has 1 amide bonds. The molecule has 0 spiro atoms. The van der Waals surface area contributed by atoms with E-state index < -0.39 is 0 Å². The van der Waals surface area contributed by atoms with Crippen molar-refractivity contribution in [1.29, 1.82) is 0 Å². The molecule has 0 aromatic carbocycles. The second kappa shape index (κ2) is 7.25. The molecular weight excluding hydrogens is 238 g/mol. The van der Waals surface area contributed by atoms with Crippen LogP contribution in [0.5, 0.6) is 0 Å². The quantitative estimate of drug-likeness (QED) is 0.814. The van der Waals surface area contributed by atoms with Gasteiger partial charge in [-0.25, -0.2) is 0 Å². The van der Waals surface area contributed by atoms with Gasteiger partial charge in [-0.2, -0.15) is 0 Å². The summed E-state index contributed by atoms with van der Waals surface area (Å²) in [5.41, 5.74) is 5.89. The molecule has 2 atom stereocenters. The van der Waals surface area contributed by atoms with Gasteiger partial charge in [0.25, 0.3) is 0 Å². The van der Waals surface area contributed by atoms with E-state index in [2.05, 4.69) is 10.2 Å². The molecule has 2 aliphatic rings. The number of hydrogen-bond donors (Lipinski definition) is 2. The third-order valence-corrected chi connectivity index (χ3v) is 4.77. The van der Waals surface area contributed by atoms with E-state index in [0.29, 0.717) is 18.6 Å². The van der Waals surface area contributed by atoms with E-state index in [9.17, 15) is 4.79 Å². The first kappa shape index (κ1) is 14.8. The monoisotopic (exact) mass is 267 g/mol. The molecule has 0 bridgehead atoms. The summed E-state index contributed by atoms with van der Waals surface area (Å²) < 4.78 is 0. The van der Waals surface area contributed by atoms with Crippen LogP contribution >= 0.6 is 0 Å². The molecule has 4 heteroatoms. The fraction of sp³-hybridized carbons (Fsp3) is 0.933. The standard InChI is InChI=1S/C15H29N3O/c1-12(15(19)17-13-7-4-5-8-13)18-10-6-2-3-9-14(18)11-16/h12-14H,2-11,16H2,1H3,(H,17,19). The fourth-order valence-electron chi connectivity index (χ4n) is 3.51. The lowest BCUT2D eigenvalue weighted by Crippen LogP contribution is -2.53. The van der Waals surface area contributed by atoms with Gasteiger partial charge in [-0.3, -0.25) is 9.69 Å². The average molecular weight is 267 g/mol. The van der Waals surface area contributed by atoms with E-state index in [1.807, 2.05) is 6.92 Å². The minimum atomic E-state index is -0.0350. The first-order chi connectivity index (χ1) is 9.22. The zero-order chi connectivity index (χ0) is 13.7. The second-order valence-corrected chi connectivity index (χ2v) is 6.14. The molecule has 4 nitrogen and oxygen atoms in total. The highest BCUT2D eigenvalue weighted by Gasteiger charge is 2.29. The van der Waals surface area contributed by atoms with Crippen molar-refractivity contribution >= 4 is 5.91 Å². The largest absolute Gasteiger partial charge is 0.352 e. The summed E-state index contributed by atoms with van der Waals surface area (Å²) in [7, 11) is 0. The topological polar surface area (TPSA) is 58.4 Å². The molecule has 2 rings (SSSR count). The van der Waals surface area contributed by atoms with Gasteiger partial charge < -0.3 is 11.1 Å². The molecule has 110 valence electrons. The molecule has 2 fully saturated rings. The highest BCUT2D eigenvalue weighted by atomic mass is 16.2. The van der Waals surface area contributed by atoms with Gasteiger partial charge in [0.1, 0.15) is 0 Å². The van der Waals surface area contributed by atoms with Crippen LogP contribution in [-0.4, -0.2) is 42.0 Å². The lowest BCUT2D eigenvalue weighted by Gasteiger charge is -2.34. The zero-order valence-corrected chi connectivity index (χ0v) is 12.2. The van der Waals surface area contributed by atoms with Gasteiger partial charge in [-0.1, -0.05) is 25.7 Å². The van der Waals surface area contributed by atoms with Gasteiger partial charge in [-0.05, 0) is 39.2 Å². The van der Waals surface area contributed by atoms with Gasteiger partial charge >= 0.3 is 0 Å². The summed E-state index contributed by atoms with van der Waals surface area (Å²) in [4.78, 5) is 14.7. The van der Waals surface area contributed by atoms with E-state index in [1.165, 1.54) is 32.1 Å². The van der Waals surface area contributed by atoms with Crippen LogP contribution in [0.4, 0.5) is 0 Å². The number of nitrogens with zero attached hydrogens (tertiary/aromatic N) is 1. The van der Waals surface area contributed by atoms with Crippen molar-refractivity contribution in [3.63, 3.8) is 0 Å². The van der Waals surface area contributed by atoms with E-state index in [4.69, 9.17) is 5.73 Å². The van der Waals surface area contributed by atoms with Crippen LogP contribution in [0, 0.1) is 0 Å². The maximum atomic E-state index is 12.4. The van der Waals surface area contributed by atoms with Crippen LogP contribution in [-0.2, 0) is 4.79 Å². The van der Waals surface area contributed by atoms with Gasteiger partial charge in [0.05, 0.1) is 6.04 Å². The van der Waals surface area contributed by atoms with E-state index in [0.717, 1.165) is 25.8 Å². The predicted octanol–water partition coefficient (Wildman–Crippen LogP) is 1.64. The maximum Gasteiger partial charge on any atom is 0.237 e. The molecule has 19 heavy (non-hydrogen) atoms. The first-order valence-electron chi connectivity index (χ1n) is 7.98. The normalized spacial score (nSPS) is 28.0. The Labute approximate surface area is 117 Å². The van der Waals surface area contributed by atoms with Crippen molar-refractivity contribution < 1.29 is 4.79 Å². The van der Waals surface area contributed by atoms with Gasteiger partial charge in [0.15, 0.2) is 0 Å². The summed E-state index contributed by atoms with van der Waals surface area (Å²) in [6, 6.07) is 0.761. The lowest BCUT2D eigenvalue weighted by molar-refractivity contribution is -0.127. The molecule has 2 unspecified atom stereocenters. The summed E-state index contributed by atoms with van der Waals surface area (Å²) in [6.45, 7) is 3.72. The average Bonchev–Trinajstić information content (AvgIpc) is 2.80. The van der Waals surface area contributed by atoms with Crippen molar-refractivity contribution in [3.05, 3.63) is 0 Å². The number of likely N-dealkylation sites (tertiary alicyclic amines) is 1. The molecule has 3 N–H and O–H groups in total. The molecular formula is C15H29N3O. The minimum absolute atomic E-state index is 0.0350. The SMILES string of the molecule is CC(C(=O)NC1CCCC1)N1CCCCCC1CN. The van der Waals surface area contributed by atoms with Crippen LogP contribution in [0.1, 0.15) is 58.3 Å². The van der Waals surface area contributed by atoms with E-state index in [1.54, 1.807) is 0 Å². The van der Waals surface area contributed by atoms with Crippen molar-refractivity contribution in [3.8, 4) is 0 Å². The first-order valence-corrected chi connectivity index (χ1v) is 7.98. The Morgan fingerprint density at radius 3 is 2.58 bits per heavy atom. The Kier molecular flexibility index (Phi) is 5.64. The fourth-order valence-corrected chi connectivity index (χ4v) is 3.51. The van der Waals surface area contributed by atoms with Crippen LogP contribution < -0.4 is 11.1 Å². The number of nitrogens with two attached hydrogens (primary N) is 1. The Morgan fingerprint density at radius 2 is 1.89 bits per heavy atom. The number of nitrogens with one attached hydrogen (secondary N) is 1. The Morgan fingerprint density at radius 1 is 1.21 bits per heavy atom. The van der Waals surface area contributed by atoms with Crippen LogP contribution in [0.15, 0.2) is 0 Å². The molecule has 1 saturated heterocycles. The van der Waals surface area contributed by atoms with Crippen molar-refractivity contribution in [2.45, 2.75) is 76.4 Å². The number of amides is 1. The number of carbonyl (C=O) groups is 1. The molecule has 1 aliphatic carbocycles. The highest BCUT2D eigenvalue weighted by molar-refractivity contribution is 5.81. The summed E-state index contributed by atoms with van der Waals surface area (Å²) in [5, 5.41) is 3.22. The van der Waals surface area contributed by atoms with E-state index >= 15 is 0 Å². The number of hydrogen-bond acceptors (Lipinski definition) is 3. The molecule has 0 radical (unpaired) electrons. The van der Waals surface area contributed by atoms with Gasteiger partial charge in [0.2, 0.25) is 5.91 Å². The van der Waals surface area contributed by atoms with Crippen molar-refractivity contribution in [2.24, 2.45) is 5.73 Å². The molecule has 1 heterocycles. The molecule has 0 aromatic heterocycles. The second-order valence-electron chi connectivity index (χ2n) is 6.14. The third kappa shape index (κ3) is 3.93. The van der Waals surface area contributed by atoms with E-state index in [-0.39, 0.29) is 11.9 Å². The minimum Gasteiger partial charge on any atom is -0.352 e. The smallest absolute Gasteiger partial charge is 0.237 e. The predicted molar refractivity (Wildman–Crippen MR) is 77.9 cm³/mol. The van der Waals surface area contributed by atoms with Crippen molar-refractivity contribution in [2.75, 3.05) is 13.1 Å². The number of rotatable bonds is 4. The molecule has 1 aliphatic heterocycles. The Bertz CT molecular complexity index is 289. The summed E-state index contributed by atoms with van der Waals surface area (Å²) in [6.07, 6.45) is 9.66. The highest BCUT2D eigenvalue weighted by Crippen LogP contribution is 2.20. The van der Waals surface area contributed by atoms with Gasteiger partial charge in [-0.15, -0.1) is 0 Å². The summed E-state index contributed by atoms with van der Waals surface area (Å²) >= 11 is 0. The Balaban J connectivity index is 1.91. The summed E-state index contributed by atoms with van der Waals surface area (Å²) in [5.74, 6) is 0.201.